The molecular weight excluding hydrogens is 232 g/mol. The molecule has 0 spiro atoms. The molecule has 18 heavy (non-hydrogen) atoms. The van der Waals surface area contributed by atoms with E-state index in [0.29, 0.717) is 18.1 Å². The lowest BCUT2D eigenvalue weighted by Gasteiger charge is -2.17. The molecule has 6 nitrogen and oxygen atoms in total. The van der Waals surface area contributed by atoms with Crippen LogP contribution in [0.4, 0.5) is 0 Å². The number of nitrogens with two attached hydrogens (primary N) is 1. The third-order valence-corrected chi connectivity index (χ3v) is 3.03. The quantitative estimate of drug-likeness (QED) is 0.691. The van der Waals surface area contributed by atoms with Crippen LogP contribution in [-0.4, -0.2) is 51.9 Å². The highest BCUT2D eigenvalue weighted by Gasteiger charge is 2.22. The van der Waals surface area contributed by atoms with Crippen molar-refractivity contribution < 1.29 is 9.63 Å². The number of rotatable bonds is 8. The molecule has 6 heteroatoms. The zero-order valence-electron chi connectivity index (χ0n) is 11.5. The van der Waals surface area contributed by atoms with Gasteiger partial charge in [-0.2, -0.15) is 4.98 Å². The molecule has 0 fully saturated rings. The van der Waals surface area contributed by atoms with Crippen molar-refractivity contribution in [3.63, 3.8) is 0 Å². The summed E-state index contributed by atoms with van der Waals surface area (Å²) in [6, 6.07) is 0. The molecule has 1 aromatic heterocycles. The van der Waals surface area contributed by atoms with Crippen molar-refractivity contribution in [3.05, 3.63) is 11.7 Å². The minimum absolute atomic E-state index is 0.171. The smallest absolute Gasteiger partial charge is 0.229 e. The van der Waals surface area contributed by atoms with E-state index in [0.717, 1.165) is 26.1 Å². The third-order valence-electron chi connectivity index (χ3n) is 3.03. The molecule has 1 heterocycles. The summed E-state index contributed by atoms with van der Waals surface area (Å²) in [5, 5.41) is 13.7. The second kappa shape index (κ2) is 6.82. The number of aromatic nitrogens is 2. The van der Waals surface area contributed by atoms with Crippen molar-refractivity contribution in [1.82, 2.24) is 15.0 Å². The average Bonchev–Trinajstić information content (AvgIpc) is 2.77. The van der Waals surface area contributed by atoms with E-state index in [4.69, 9.17) is 10.3 Å². The molecule has 0 aliphatic rings. The van der Waals surface area contributed by atoms with Crippen LogP contribution in [0.2, 0.25) is 0 Å². The largest absolute Gasteiger partial charge is 0.388 e. The van der Waals surface area contributed by atoms with Crippen molar-refractivity contribution in [2.75, 3.05) is 26.2 Å². The van der Waals surface area contributed by atoms with Gasteiger partial charge in [0.05, 0.1) is 12.0 Å². The van der Waals surface area contributed by atoms with Crippen LogP contribution in [0.5, 0.6) is 0 Å². The van der Waals surface area contributed by atoms with E-state index in [9.17, 15) is 5.11 Å². The topological polar surface area (TPSA) is 88.4 Å². The molecule has 0 aromatic carbocycles. The maximum Gasteiger partial charge on any atom is 0.229 e. The Morgan fingerprint density at radius 3 is 2.61 bits per heavy atom. The highest BCUT2D eigenvalue weighted by molar-refractivity contribution is 4.92. The van der Waals surface area contributed by atoms with Crippen LogP contribution in [0.3, 0.4) is 0 Å². The Bertz CT molecular complexity index is 348. The fourth-order valence-corrected chi connectivity index (χ4v) is 1.66. The minimum atomic E-state index is -0.983. The van der Waals surface area contributed by atoms with Gasteiger partial charge >= 0.3 is 0 Å². The molecule has 1 aromatic rings. The summed E-state index contributed by atoms with van der Waals surface area (Å²) in [5.41, 5.74) is 4.47. The van der Waals surface area contributed by atoms with Gasteiger partial charge in [-0.25, -0.2) is 0 Å². The van der Waals surface area contributed by atoms with Gasteiger partial charge in [-0.05, 0) is 20.0 Å². The van der Waals surface area contributed by atoms with Crippen molar-refractivity contribution in [2.24, 2.45) is 5.73 Å². The molecule has 0 amide bonds. The lowest BCUT2D eigenvalue weighted by molar-refractivity contribution is 0.0610. The summed E-state index contributed by atoms with van der Waals surface area (Å²) in [7, 11) is 0. The molecule has 3 N–H and O–H groups in total. The Hall–Kier alpha value is -0.980. The van der Waals surface area contributed by atoms with E-state index in [1.54, 1.807) is 6.92 Å². The normalized spacial score (nSPS) is 15.0. The SMILES string of the molecule is CCN(CC)CCc1noc(CC(C)(O)CN)n1. The van der Waals surface area contributed by atoms with Crippen LogP contribution in [0.1, 0.15) is 32.5 Å². The van der Waals surface area contributed by atoms with Gasteiger partial charge in [0.25, 0.3) is 0 Å². The summed E-state index contributed by atoms with van der Waals surface area (Å²) in [6.45, 7) is 9.04. The van der Waals surface area contributed by atoms with Gasteiger partial charge in [0.15, 0.2) is 5.82 Å². The molecule has 0 saturated carbocycles. The van der Waals surface area contributed by atoms with Gasteiger partial charge < -0.3 is 20.3 Å². The lowest BCUT2D eigenvalue weighted by atomic mass is 10.0. The Labute approximate surface area is 108 Å². The summed E-state index contributed by atoms with van der Waals surface area (Å²) >= 11 is 0. The van der Waals surface area contributed by atoms with Gasteiger partial charge in [0, 0.05) is 19.5 Å². The molecule has 1 rings (SSSR count). The van der Waals surface area contributed by atoms with Crippen LogP contribution < -0.4 is 5.73 Å². The molecule has 104 valence electrons. The second-order valence-corrected chi connectivity index (χ2v) is 4.76. The highest BCUT2D eigenvalue weighted by atomic mass is 16.5. The summed E-state index contributed by atoms with van der Waals surface area (Å²) in [5.74, 6) is 1.13. The van der Waals surface area contributed by atoms with Crippen molar-refractivity contribution >= 4 is 0 Å². The zero-order valence-corrected chi connectivity index (χ0v) is 11.5. The molecule has 0 bridgehead atoms. The predicted molar refractivity (Wildman–Crippen MR) is 69.2 cm³/mol. The standard InChI is InChI=1S/C12H24N4O2/c1-4-16(5-2)7-6-10-14-11(18-15-10)8-12(3,17)9-13/h17H,4-9,13H2,1-3H3. The monoisotopic (exact) mass is 256 g/mol. The third kappa shape index (κ3) is 4.72. The van der Waals surface area contributed by atoms with Crippen molar-refractivity contribution in [1.29, 1.82) is 0 Å². The summed E-state index contributed by atoms with van der Waals surface area (Å²) in [6.07, 6.45) is 1.05. The number of hydrogen-bond donors (Lipinski definition) is 2. The fourth-order valence-electron chi connectivity index (χ4n) is 1.66. The molecule has 0 aliphatic heterocycles. The first-order valence-electron chi connectivity index (χ1n) is 6.47. The first-order valence-corrected chi connectivity index (χ1v) is 6.47. The summed E-state index contributed by atoms with van der Waals surface area (Å²) in [4.78, 5) is 6.56. The second-order valence-electron chi connectivity index (χ2n) is 4.76. The molecule has 1 unspecified atom stereocenters. The first-order chi connectivity index (χ1) is 8.50. The van der Waals surface area contributed by atoms with Gasteiger partial charge in [0.2, 0.25) is 5.89 Å². The Morgan fingerprint density at radius 1 is 1.39 bits per heavy atom. The number of likely N-dealkylation sites (N-methyl/N-ethyl adjacent to an activating group) is 1. The maximum atomic E-state index is 9.82. The molecule has 1 atom stereocenters. The van der Waals surface area contributed by atoms with Crippen LogP contribution in [0.15, 0.2) is 4.52 Å². The van der Waals surface area contributed by atoms with Gasteiger partial charge in [-0.15, -0.1) is 0 Å². The van der Waals surface area contributed by atoms with E-state index in [-0.39, 0.29) is 6.54 Å². The molecular formula is C12H24N4O2. The summed E-state index contributed by atoms with van der Waals surface area (Å²) < 4.78 is 5.11. The number of aliphatic hydroxyl groups is 1. The maximum absolute atomic E-state index is 9.82. The Balaban J connectivity index is 2.48. The van der Waals surface area contributed by atoms with Crippen LogP contribution in [-0.2, 0) is 12.8 Å². The average molecular weight is 256 g/mol. The van der Waals surface area contributed by atoms with Gasteiger partial charge in [-0.3, -0.25) is 0 Å². The Morgan fingerprint density at radius 2 is 2.06 bits per heavy atom. The molecule has 0 radical (unpaired) electrons. The van der Waals surface area contributed by atoms with E-state index in [1.807, 2.05) is 0 Å². The molecule has 0 aliphatic carbocycles. The van der Waals surface area contributed by atoms with Crippen LogP contribution in [0.25, 0.3) is 0 Å². The van der Waals surface area contributed by atoms with Crippen LogP contribution in [0, 0.1) is 0 Å². The fraction of sp³-hybridized carbons (Fsp3) is 0.833. The number of hydrogen-bond acceptors (Lipinski definition) is 6. The van der Waals surface area contributed by atoms with E-state index < -0.39 is 5.60 Å². The zero-order chi connectivity index (χ0) is 13.6. The predicted octanol–water partition coefficient (Wildman–Crippen LogP) is 0.206. The molecule has 0 saturated heterocycles. The van der Waals surface area contributed by atoms with Crippen molar-refractivity contribution in [2.45, 2.75) is 39.2 Å². The lowest BCUT2D eigenvalue weighted by Crippen LogP contribution is -2.36. The van der Waals surface area contributed by atoms with E-state index >= 15 is 0 Å². The van der Waals surface area contributed by atoms with Crippen LogP contribution >= 0.6 is 0 Å². The minimum Gasteiger partial charge on any atom is -0.388 e. The highest BCUT2D eigenvalue weighted by Crippen LogP contribution is 2.10. The Kier molecular flexibility index (Phi) is 5.71. The van der Waals surface area contributed by atoms with E-state index in [1.165, 1.54) is 0 Å². The number of nitrogens with zero attached hydrogens (tertiary/aromatic N) is 3. The van der Waals surface area contributed by atoms with E-state index in [2.05, 4.69) is 28.9 Å². The van der Waals surface area contributed by atoms with Gasteiger partial charge in [0.1, 0.15) is 0 Å². The van der Waals surface area contributed by atoms with Gasteiger partial charge in [-0.1, -0.05) is 19.0 Å². The van der Waals surface area contributed by atoms with Crippen molar-refractivity contribution in [3.8, 4) is 0 Å². The first kappa shape index (κ1) is 15.1.